The second-order valence-corrected chi connectivity index (χ2v) is 15.0. The number of rotatable bonds is 14. The van der Waals surface area contributed by atoms with Crippen molar-refractivity contribution in [1.82, 2.24) is 0 Å². The molecule has 1 N–H and O–H groups in total. The van der Waals surface area contributed by atoms with Crippen molar-refractivity contribution in [1.29, 1.82) is 0 Å². The third-order valence-corrected chi connectivity index (χ3v) is 11.1. The molecule has 0 bridgehead atoms. The molecular formula is C26H44O4Si. The maximum atomic E-state index is 12.3. The number of hydrogen-bond donors (Lipinski definition) is 1. The van der Waals surface area contributed by atoms with Crippen LogP contribution in [0.1, 0.15) is 91.9 Å². The number of carbonyl (C=O) groups is 2. The van der Waals surface area contributed by atoms with Crippen molar-refractivity contribution >= 4 is 20.1 Å². The maximum absolute atomic E-state index is 12.3. The van der Waals surface area contributed by atoms with Crippen molar-refractivity contribution in [2.24, 2.45) is 5.92 Å². The zero-order valence-electron chi connectivity index (χ0n) is 20.6. The van der Waals surface area contributed by atoms with E-state index in [1.165, 1.54) is 50.2 Å². The van der Waals surface area contributed by atoms with Crippen molar-refractivity contribution in [2.75, 3.05) is 0 Å². The van der Waals surface area contributed by atoms with Crippen LogP contribution in [0, 0.1) is 5.92 Å². The Kier molecular flexibility index (Phi) is 11.8. The highest BCUT2D eigenvalue weighted by Crippen LogP contribution is 2.37. The van der Waals surface area contributed by atoms with E-state index in [0.29, 0.717) is 18.6 Å². The monoisotopic (exact) mass is 448 g/mol. The van der Waals surface area contributed by atoms with Gasteiger partial charge < -0.3 is 9.53 Å². The highest BCUT2D eigenvalue weighted by Gasteiger charge is 2.40. The van der Waals surface area contributed by atoms with Crippen LogP contribution in [0.5, 0.6) is 0 Å². The second-order valence-electron chi connectivity index (χ2n) is 10.3. The summed E-state index contributed by atoms with van der Waals surface area (Å²) in [5.74, 6) is -0.628. The predicted molar refractivity (Wildman–Crippen MR) is 131 cm³/mol. The van der Waals surface area contributed by atoms with E-state index in [0.717, 1.165) is 12.8 Å². The molecule has 4 nitrogen and oxygen atoms in total. The summed E-state index contributed by atoms with van der Waals surface area (Å²) in [5.41, 5.74) is 4.31. The van der Waals surface area contributed by atoms with Crippen molar-refractivity contribution in [2.45, 2.75) is 116 Å². The summed E-state index contributed by atoms with van der Waals surface area (Å²) in [4.78, 5) is 23.9. The fraction of sp³-hybridized carbons (Fsp3) is 0.731. The number of ketones is 1. The van der Waals surface area contributed by atoms with E-state index in [1.807, 2.05) is 19.2 Å². The number of carboxylic acid groups (broad SMARTS) is 1. The number of unbranched alkanes of at least 4 members (excludes halogenated alkanes) is 5. The molecule has 0 aromatic rings. The summed E-state index contributed by atoms with van der Waals surface area (Å²) in [6.07, 6.45) is 15.2. The van der Waals surface area contributed by atoms with Crippen LogP contribution in [0.25, 0.3) is 0 Å². The molecule has 1 aliphatic carbocycles. The van der Waals surface area contributed by atoms with Crippen LogP contribution in [0.15, 0.2) is 29.5 Å². The second kappa shape index (κ2) is 13.2. The molecule has 0 heterocycles. The number of carbonyl (C=O) groups excluding carboxylic acids is 1. The Morgan fingerprint density at radius 3 is 2.52 bits per heavy atom. The molecule has 0 saturated carbocycles. The molecule has 0 fully saturated rings. The quantitative estimate of drug-likeness (QED) is 0.132. The van der Waals surface area contributed by atoms with E-state index in [1.54, 1.807) is 0 Å². The minimum Gasteiger partial charge on any atom is -0.479 e. The Labute approximate surface area is 191 Å². The molecule has 0 spiro atoms. The van der Waals surface area contributed by atoms with Crippen molar-refractivity contribution < 1.29 is 19.1 Å². The van der Waals surface area contributed by atoms with Crippen LogP contribution in [0.2, 0.25) is 18.1 Å². The van der Waals surface area contributed by atoms with Gasteiger partial charge in [0.2, 0.25) is 0 Å². The lowest BCUT2D eigenvalue weighted by Gasteiger charge is -2.37. The minimum absolute atomic E-state index is 0.0347. The van der Waals surface area contributed by atoms with Crippen LogP contribution in [0.3, 0.4) is 0 Å². The molecule has 1 rings (SSSR count). The van der Waals surface area contributed by atoms with Crippen LogP contribution >= 0.6 is 0 Å². The molecule has 0 radical (unpaired) electrons. The van der Waals surface area contributed by atoms with Gasteiger partial charge in [-0.3, -0.25) is 4.79 Å². The van der Waals surface area contributed by atoms with Crippen molar-refractivity contribution in [3.63, 3.8) is 0 Å². The smallest absolute Gasteiger partial charge is 0.336 e. The standard InChI is InChI=1S/C26H44O4Si/c1-7-8-9-10-11-13-16-21-19-20-23(27)22(21)17-14-12-15-18-24(25(28)29)30-31(5,6)26(2,3)4/h12,18-19,22,24H,7-11,13-14,16-17,20H2,1-6H3,(H,28,29)/t15?,22-,24?/m1/s1. The lowest BCUT2D eigenvalue weighted by Crippen LogP contribution is -2.45. The zero-order chi connectivity index (χ0) is 23.5. The Hall–Kier alpha value is -1.42. The SMILES string of the molecule is CCCCCCCCC1=CCC(=O)[C@@H]1CCC=C=CC(O[Si](C)(C)C(C)(C)C)C(=O)O. The number of Topliss-reactive ketones (excluding diaryl/α,β-unsaturated/α-hetero) is 1. The fourth-order valence-corrected chi connectivity index (χ4v) is 4.75. The number of allylic oxidation sites excluding steroid dienone is 2. The third kappa shape index (κ3) is 9.72. The number of aliphatic carboxylic acids is 1. The first kappa shape index (κ1) is 27.6. The van der Waals surface area contributed by atoms with E-state index in [4.69, 9.17) is 4.43 Å². The largest absolute Gasteiger partial charge is 0.479 e. The lowest BCUT2D eigenvalue weighted by atomic mass is 9.91. The molecule has 1 aliphatic rings. The fourth-order valence-electron chi connectivity index (χ4n) is 3.59. The van der Waals surface area contributed by atoms with Crippen LogP contribution in [-0.4, -0.2) is 31.3 Å². The minimum atomic E-state index is -2.18. The molecule has 1 unspecified atom stereocenters. The molecule has 5 heteroatoms. The van der Waals surface area contributed by atoms with E-state index in [9.17, 15) is 14.7 Å². The van der Waals surface area contributed by atoms with Crippen LogP contribution in [-0.2, 0) is 14.0 Å². The average Bonchev–Trinajstić information content (AvgIpc) is 3.02. The Morgan fingerprint density at radius 2 is 1.90 bits per heavy atom. The Morgan fingerprint density at radius 1 is 1.26 bits per heavy atom. The molecular weight excluding hydrogens is 404 g/mol. The van der Waals surface area contributed by atoms with Crippen LogP contribution in [0.4, 0.5) is 0 Å². The predicted octanol–water partition coefficient (Wildman–Crippen LogP) is 7.22. The molecule has 0 saturated heterocycles. The van der Waals surface area contributed by atoms with Gasteiger partial charge in [0.1, 0.15) is 5.78 Å². The summed E-state index contributed by atoms with van der Waals surface area (Å²) in [7, 11) is -2.18. The molecule has 2 atom stereocenters. The van der Waals surface area contributed by atoms with Gasteiger partial charge in [-0.25, -0.2) is 4.79 Å². The molecule has 0 amide bonds. The summed E-state index contributed by atoms with van der Waals surface area (Å²) in [6.45, 7) is 12.6. The summed E-state index contributed by atoms with van der Waals surface area (Å²) < 4.78 is 6.00. The van der Waals surface area contributed by atoms with Gasteiger partial charge in [0.15, 0.2) is 14.4 Å². The molecule has 0 aromatic heterocycles. The van der Waals surface area contributed by atoms with Gasteiger partial charge in [-0.2, -0.15) is 0 Å². The first-order chi connectivity index (χ1) is 14.5. The highest BCUT2D eigenvalue weighted by molar-refractivity contribution is 6.74. The van der Waals surface area contributed by atoms with Crippen LogP contribution < -0.4 is 0 Å². The van der Waals surface area contributed by atoms with E-state index < -0.39 is 20.4 Å². The van der Waals surface area contributed by atoms with Crippen molar-refractivity contribution in [3.05, 3.63) is 29.5 Å². The van der Waals surface area contributed by atoms with E-state index >= 15 is 0 Å². The first-order valence-corrected chi connectivity index (χ1v) is 14.9. The van der Waals surface area contributed by atoms with Gasteiger partial charge in [-0.1, -0.05) is 71.4 Å². The highest BCUT2D eigenvalue weighted by atomic mass is 28.4. The maximum Gasteiger partial charge on any atom is 0.336 e. The lowest BCUT2D eigenvalue weighted by molar-refractivity contribution is -0.143. The summed E-state index contributed by atoms with van der Waals surface area (Å²) in [5, 5.41) is 9.46. The molecule has 0 aromatic carbocycles. The average molecular weight is 449 g/mol. The number of carboxylic acids is 1. The van der Waals surface area contributed by atoms with Gasteiger partial charge >= 0.3 is 5.97 Å². The van der Waals surface area contributed by atoms with E-state index in [2.05, 4.69) is 39.5 Å². The van der Waals surface area contributed by atoms with Gasteiger partial charge in [0, 0.05) is 12.3 Å². The van der Waals surface area contributed by atoms with Gasteiger partial charge in [0.05, 0.1) is 0 Å². The number of hydrogen-bond acceptors (Lipinski definition) is 3. The third-order valence-electron chi connectivity index (χ3n) is 6.66. The molecule has 31 heavy (non-hydrogen) atoms. The van der Waals surface area contributed by atoms with Crippen molar-refractivity contribution in [3.8, 4) is 0 Å². The summed E-state index contributed by atoms with van der Waals surface area (Å²) in [6, 6.07) is 0. The summed E-state index contributed by atoms with van der Waals surface area (Å²) >= 11 is 0. The van der Waals surface area contributed by atoms with Gasteiger partial charge in [-0.05, 0) is 56.0 Å². The molecule has 0 aliphatic heterocycles. The topological polar surface area (TPSA) is 63.6 Å². The Bertz CT molecular complexity index is 678. The first-order valence-electron chi connectivity index (χ1n) is 12.0. The van der Waals surface area contributed by atoms with E-state index in [-0.39, 0.29) is 11.0 Å². The normalized spacial score (nSPS) is 17.8. The van der Waals surface area contributed by atoms with Gasteiger partial charge in [-0.15, -0.1) is 5.73 Å². The van der Waals surface area contributed by atoms with Gasteiger partial charge in [0.25, 0.3) is 0 Å². The molecule has 176 valence electrons. The Balaban J connectivity index is 2.54. The zero-order valence-corrected chi connectivity index (χ0v) is 21.6.